The van der Waals surface area contributed by atoms with Crippen LogP contribution in [0.2, 0.25) is 6.04 Å². The minimum Gasteiger partial charge on any atom is -0.515 e. The quantitative estimate of drug-likeness (QED) is 0.306. The maximum atomic E-state index is 11.8. The van der Waals surface area contributed by atoms with Crippen molar-refractivity contribution in [1.82, 2.24) is 0 Å². The zero-order chi connectivity index (χ0) is 12.1. The first-order chi connectivity index (χ1) is 6.97. The predicted octanol–water partition coefficient (Wildman–Crippen LogP) is 0.672. The SMILES string of the molecule is CC[Si](O)(C(=O)/C(C)=C/O)C(OC)OC. The van der Waals surface area contributed by atoms with E-state index in [0.29, 0.717) is 6.26 Å². The largest absolute Gasteiger partial charge is 0.515 e. The zero-order valence-electron chi connectivity index (χ0n) is 9.48. The summed E-state index contributed by atoms with van der Waals surface area (Å²) in [6.07, 6.45) is 0.693. The second-order valence-corrected chi connectivity index (χ2v) is 6.70. The van der Waals surface area contributed by atoms with Gasteiger partial charge in [0.25, 0.3) is 0 Å². The van der Waals surface area contributed by atoms with Crippen molar-refractivity contribution < 1.29 is 24.2 Å². The highest BCUT2D eigenvalue weighted by molar-refractivity contribution is 7.03. The molecule has 0 spiro atoms. The van der Waals surface area contributed by atoms with E-state index in [1.54, 1.807) is 6.92 Å². The number of allylic oxidation sites excluding steroid dienone is 1. The van der Waals surface area contributed by atoms with Crippen molar-refractivity contribution in [3.05, 3.63) is 11.8 Å². The number of aliphatic hydroxyl groups excluding tert-OH is 1. The molecule has 0 bridgehead atoms. The van der Waals surface area contributed by atoms with Crippen molar-refractivity contribution in [1.29, 1.82) is 0 Å². The molecule has 0 aliphatic heterocycles. The first kappa shape index (κ1) is 14.3. The number of carbonyl (C=O) groups excluding carboxylic acids is 1. The van der Waals surface area contributed by atoms with E-state index < -0.39 is 19.6 Å². The van der Waals surface area contributed by atoms with Crippen molar-refractivity contribution in [2.45, 2.75) is 25.8 Å². The molecule has 0 aromatic rings. The normalized spacial score (nSPS) is 16.5. The standard InChI is InChI=1S/C9H18O5Si/c1-5-15(12,9(13-3)14-4)8(11)7(2)6-10/h6,9-10,12H,5H2,1-4H3/b7-6+. The Morgan fingerprint density at radius 1 is 1.47 bits per heavy atom. The fourth-order valence-electron chi connectivity index (χ4n) is 1.32. The van der Waals surface area contributed by atoms with Gasteiger partial charge < -0.3 is 19.4 Å². The Hall–Kier alpha value is -0.693. The topological polar surface area (TPSA) is 76.0 Å². The molecule has 0 heterocycles. The van der Waals surface area contributed by atoms with E-state index in [0.717, 1.165) is 0 Å². The summed E-state index contributed by atoms with van der Waals surface area (Å²) in [5.41, 5.74) is 0.116. The van der Waals surface area contributed by atoms with Gasteiger partial charge in [-0.1, -0.05) is 6.92 Å². The molecular formula is C9H18O5Si. The van der Waals surface area contributed by atoms with Crippen LogP contribution in [0.15, 0.2) is 11.8 Å². The minimum absolute atomic E-state index is 0.116. The molecule has 15 heavy (non-hydrogen) atoms. The average molecular weight is 234 g/mol. The van der Waals surface area contributed by atoms with Gasteiger partial charge in [-0.15, -0.1) is 0 Å². The van der Waals surface area contributed by atoms with Crippen LogP contribution in [-0.4, -0.2) is 43.8 Å². The van der Waals surface area contributed by atoms with E-state index in [9.17, 15) is 9.59 Å². The average Bonchev–Trinajstić information content (AvgIpc) is 2.28. The molecule has 0 aromatic carbocycles. The highest BCUT2D eigenvalue weighted by Gasteiger charge is 2.48. The third-order valence-corrected chi connectivity index (χ3v) is 5.81. The van der Waals surface area contributed by atoms with E-state index in [-0.39, 0.29) is 11.6 Å². The Morgan fingerprint density at radius 3 is 2.20 bits per heavy atom. The van der Waals surface area contributed by atoms with Gasteiger partial charge in [-0.3, -0.25) is 4.79 Å². The molecule has 0 aromatic heterocycles. The lowest BCUT2D eigenvalue weighted by atomic mass is 10.4. The smallest absolute Gasteiger partial charge is 0.326 e. The molecule has 0 fully saturated rings. The highest BCUT2D eigenvalue weighted by atomic mass is 28.4. The van der Waals surface area contributed by atoms with Gasteiger partial charge in [0.1, 0.15) is 0 Å². The van der Waals surface area contributed by atoms with Gasteiger partial charge >= 0.3 is 8.32 Å². The van der Waals surface area contributed by atoms with Crippen LogP contribution < -0.4 is 0 Å². The number of ether oxygens (including phenoxy) is 2. The summed E-state index contributed by atoms with van der Waals surface area (Å²) in [6.45, 7) is 3.14. The van der Waals surface area contributed by atoms with Crippen LogP contribution in [0.25, 0.3) is 0 Å². The molecule has 0 saturated heterocycles. The number of rotatable bonds is 6. The van der Waals surface area contributed by atoms with Gasteiger partial charge in [-0.2, -0.15) is 0 Å². The molecule has 5 nitrogen and oxygen atoms in total. The van der Waals surface area contributed by atoms with Gasteiger partial charge in [0.05, 0.1) is 6.26 Å². The van der Waals surface area contributed by atoms with Crippen LogP contribution in [0, 0.1) is 0 Å². The van der Waals surface area contributed by atoms with Gasteiger partial charge in [0, 0.05) is 19.8 Å². The number of carbonyl (C=O) groups is 1. The Balaban J connectivity index is 5.07. The van der Waals surface area contributed by atoms with E-state index in [4.69, 9.17) is 14.6 Å². The second-order valence-electron chi connectivity index (χ2n) is 3.22. The Bertz CT molecular complexity index is 249. The predicted molar refractivity (Wildman–Crippen MR) is 57.7 cm³/mol. The lowest BCUT2D eigenvalue weighted by Gasteiger charge is -2.28. The Morgan fingerprint density at radius 2 is 1.93 bits per heavy atom. The number of hydrogen-bond donors (Lipinski definition) is 2. The van der Waals surface area contributed by atoms with Gasteiger partial charge in [0.2, 0.25) is 0 Å². The lowest BCUT2D eigenvalue weighted by molar-refractivity contribution is -0.114. The summed E-state index contributed by atoms with van der Waals surface area (Å²) in [5.74, 6) is -0.912. The van der Waals surface area contributed by atoms with Crippen LogP contribution in [0.3, 0.4) is 0 Å². The van der Waals surface area contributed by atoms with Crippen molar-refractivity contribution in [2.75, 3.05) is 14.2 Å². The minimum atomic E-state index is -3.35. The molecule has 0 amide bonds. The van der Waals surface area contributed by atoms with Gasteiger partial charge in [0.15, 0.2) is 11.3 Å². The molecule has 88 valence electrons. The molecule has 2 N–H and O–H groups in total. The molecule has 1 unspecified atom stereocenters. The summed E-state index contributed by atoms with van der Waals surface area (Å²) in [6, 6.07) is 0.267. The molecule has 6 heteroatoms. The summed E-state index contributed by atoms with van der Waals surface area (Å²) in [7, 11) is -0.616. The maximum Gasteiger partial charge on any atom is 0.326 e. The summed E-state index contributed by atoms with van der Waals surface area (Å²) >= 11 is 0. The molecule has 0 radical (unpaired) electrons. The number of aliphatic hydroxyl groups is 1. The number of methoxy groups -OCH3 is 2. The monoisotopic (exact) mass is 234 g/mol. The van der Waals surface area contributed by atoms with Crippen molar-refractivity contribution in [2.24, 2.45) is 0 Å². The fourth-order valence-corrected chi connectivity index (χ4v) is 3.72. The van der Waals surface area contributed by atoms with Crippen molar-refractivity contribution in [3.63, 3.8) is 0 Å². The van der Waals surface area contributed by atoms with Gasteiger partial charge in [-0.05, 0) is 13.0 Å². The molecular weight excluding hydrogens is 216 g/mol. The van der Waals surface area contributed by atoms with E-state index >= 15 is 0 Å². The Labute approximate surface area is 90.5 Å². The van der Waals surface area contributed by atoms with Crippen LogP contribution >= 0.6 is 0 Å². The van der Waals surface area contributed by atoms with Crippen LogP contribution in [0.1, 0.15) is 13.8 Å². The maximum absolute atomic E-state index is 11.8. The van der Waals surface area contributed by atoms with Crippen LogP contribution in [0.5, 0.6) is 0 Å². The molecule has 0 saturated carbocycles. The van der Waals surface area contributed by atoms with Crippen molar-refractivity contribution >= 4 is 13.7 Å². The highest BCUT2D eigenvalue weighted by Crippen LogP contribution is 2.19. The molecule has 1 atom stereocenters. The summed E-state index contributed by atoms with van der Waals surface area (Å²) < 4.78 is 9.86. The zero-order valence-corrected chi connectivity index (χ0v) is 10.5. The third kappa shape index (κ3) is 2.88. The first-order valence-electron chi connectivity index (χ1n) is 4.61. The third-order valence-electron chi connectivity index (χ3n) is 2.30. The summed E-state index contributed by atoms with van der Waals surface area (Å²) in [5, 5.41) is 8.27. The first-order valence-corrected chi connectivity index (χ1v) is 6.84. The lowest BCUT2D eigenvalue weighted by Crippen LogP contribution is -2.57. The van der Waals surface area contributed by atoms with E-state index in [1.165, 1.54) is 21.1 Å². The Kier molecular flexibility index (Phi) is 5.74. The number of hydrogen-bond acceptors (Lipinski definition) is 5. The van der Waals surface area contributed by atoms with Gasteiger partial charge in [-0.25, -0.2) is 0 Å². The second kappa shape index (κ2) is 6.01. The summed E-state index contributed by atoms with van der Waals surface area (Å²) in [4.78, 5) is 22.0. The van der Waals surface area contributed by atoms with E-state index in [2.05, 4.69) is 0 Å². The van der Waals surface area contributed by atoms with E-state index in [1.807, 2.05) is 0 Å². The fraction of sp³-hybridized carbons (Fsp3) is 0.667. The molecule has 0 rings (SSSR count). The molecule has 0 aliphatic carbocycles. The molecule has 0 aliphatic rings. The van der Waals surface area contributed by atoms with Crippen LogP contribution in [0.4, 0.5) is 0 Å². The van der Waals surface area contributed by atoms with Crippen LogP contribution in [-0.2, 0) is 14.3 Å². The van der Waals surface area contributed by atoms with Crippen molar-refractivity contribution in [3.8, 4) is 0 Å².